The zero-order valence-electron chi connectivity index (χ0n) is 9.14. The molecule has 1 heteroatoms. The Hall–Kier alpha value is -0.820. The molecule has 0 atom stereocenters. The highest BCUT2D eigenvalue weighted by Gasteiger charge is 2.19. The highest BCUT2D eigenvalue weighted by molar-refractivity contribution is 5.28. The fraction of sp³-hybridized carbons (Fsp3) is 0.538. The molecule has 14 heavy (non-hydrogen) atoms. The standard InChI is InChI=1S/C13H19N/c1-10-5-11(2)7-13(6-10)9-14-8-12-3-4-12/h5-7,12,14H,3-4,8-9H2,1-2H3. The van der Waals surface area contributed by atoms with Crippen LogP contribution in [0.25, 0.3) is 0 Å². The van der Waals surface area contributed by atoms with Gasteiger partial charge in [-0.15, -0.1) is 0 Å². The Balaban J connectivity index is 1.87. The Morgan fingerprint density at radius 1 is 1.14 bits per heavy atom. The highest BCUT2D eigenvalue weighted by Crippen LogP contribution is 2.27. The van der Waals surface area contributed by atoms with Crippen LogP contribution in [0, 0.1) is 19.8 Å². The molecule has 1 aromatic carbocycles. The van der Waals surface area contributed by atoms with Crippen LogP contribution in [-0.4, -0.2) is 6.54 Å². The lowest BCUT2D eigenvalue weighted by molar-refractivity contribution is 0.638. The second-order valence-electron chi connectivity index (χ2n) is 4.57. The first kappa shape index (κ1) is 9.72. The summed E-state index contributed by atoms with van der Waals surface area (Å²) < 4.78 is 0. The first-order chi connectivity index (χ1) is 6.74. The van der Waals surface area contributed by atoms with Crippen LogP contribution in [0.3, 0.4) is 0 Å². The number of hydrogen-bond acceptors (Lipinski definition) is 1. The van der Waals surface area contributed by atoms with E-state index in [0.29, 0.717) is 0 Å². The van der Waals surface area contributed by atoms with Crippen molar-refractivity contribution in [1.82, 2.24) is 5.32 Å². The fourth-order valence-electron chi connectivity index (χ4n) is 1.91. The smallest absolute Gasteiger partial charge is 0.0205 e. The van der Waals surface area contributed by atoms with E-state index in [1.807, 2.05) is 0 Å². The van der Waals surface area contributed by atoms with Gasteiger partial charge in [0.2, 0.25) is 0 Å². The van der Waals surface area contributed by atoms with Gasteiger partial charge in [0.1, 0.15) is 0 Å². The Morgan fingerprint density at radius 3 is 2.36 bits per heavy atom. The molecule has 1 saturated carbocycles. The van der Waals surface area contributed by atoms with Crippen LogP contribution < -0.4 is 5.32 Å². The first-order valence-electron chi connectivity index (χ1n) is 5.52. The Labute approximate surface area is 86.5 Å². The summed E-state index contributed by atoms with van der Waals surface area (Å²) in [5, 5.41) is 3.52. The maximum atomic E-state index is 3.52. The van der Waals surface area contributed by atoms with Crippen molar-refractivity contribution in [2.24, 2.45) is 5.92 Å². The largest absolute Gasteiger partial charge is 0.312 e. The predicted octanol–water partition coefficient (Wildman–Crippen LogP) is 2.80. The molecule has 0 aliphatic heterocycles. The zero-order valence-corrected chi connectivity index (χ0v) is 9.14. The summed E-state index contributed by atoms with van der Waals surface area (Å²) in [6.45, 7) is 6.56. The van der Waals surface area contributed by atoms with Gasteiger partial charge in [-0.25, -0.2) is 0 Å². The molecule has 2 rings (SSSR count). The minimum Gasteiger partial charge on any atom is -0.312 e. The van der Waals surface area contributed by atoms with Crippen molar-refractivity contribution in [2.75, 3.05) is 6.54 Å². The van der Waals surface area contributed by atoms with Gasteiger partial charge < -0.3 is 5.32 Å². The van der Waals surface area contributed by atoms with E-state index in [0.717, 1.165) is 12.5 Å². The third kappa shape index (κ3) is 2.85. The second kappa shape index (κ2) is 4.14. The van der Waals surface area contributed by atoms with E-state index in [1.165, 1.54) is 36.1 Å². The molecule has 0 amide bonds. The van der Waals surface area contributed by atoms with Gasteiger partial charge in [0.15, 0.2) is 0 Å². The average Bonchev–Trinajstić information content (AvgIpc) is 2.86. The van der Waals surface area contributed by atoms with Crippen molar-refractivity contribution in [3.05, 3.63) is 34.9 Å². The van der Waals surface area contributed by atoms with E-state index in [2.05, 4.69) is 37.4 Å². The third-order valence-electron chi connectivity index (χ3n) is 2.74. The third-order valence-corrected chi connectivity index (χ3v) is 2.74. The molecular formula is C13H19N. The van der Waals surface area contributed by atoms with Crippen LogP contribution >= 0.6 is 0 Å². The topological polar surface area (TPSA) is 12.0 Å². The van der Waals surface area contributed by atoms with Crippen LogP contribution in [0.4, 0.5) is 0 Å². The molecule has 1 N–H and O–H groups in total. The van der Waals surface area contributed by atoms with Gasteiger partial charge in [-0.1, -0.05) is 29.3 Å². The van der Waals surface area contributed by atoms with Gasteiger partial charge in [-0.2, -0.15) is 0 Å². The highest BCUT2D eigenvalue weighted by atomic mass is 14.9. The molecule has 0 saturated heterocycles. The van der Waals surface area contributed by atoms with Gasteiger partial charge in [0.05, 0.1) is 0 Å². The molecule has 0 unspecified atom stereocenters. The molecule has 0 aromatic heterocycles. The average molecular weight is 189 g/mol. The molecule has 1 aliphatic rings. The van der Waals surface area contributed by atoms with Crippen molar-refractivity contribution < 1.29 is 0 Å². The van der Waals surface area contributed by atoms with Gasteiger partial charge in [0.25, 0.3) is 0 Å². The maximum absolute atomic E-state index is 3.52. The van der Waals surface area contributed by atoms with Gasteiger partial charge in [-0.05, 0) is 44.7 Å². The summed E-state index contributed by atoms with van der Waals surface area (Å²) in [4.78, 5) is 0. The van der Waals surface area contributed by atoms with Crippen molar-refractivity contribution in [3.8, 4) is 0 Å². The first-order valence-corrected chi connectivity index (χ1v) is 5.52. The van der Waals surface area contributed by atoms with E-state index in [1.54, 1.807) is 0 Å². The van der Waals surface area contributed by atoms with E-state index in [9.17, 15) is 0 Å². The molecule has 0 radical (unpaired) electrons. The lowest BCUT2D eigenvalue weighted by Gasteiger charge is -2.06. The Kier molecular flexibility index (Phi) is 2.87. The minimum absolute atomic E-state index is 0.973. The van der Waals surface area contributed by atoms with Gasteiger partial charge >= 0.3 is 0 Å². The summed E-state index contributed by atoms with van der Waals surface area (Å²) in [5.74, 6) is 0.973. The molecule has 0 spiro atoms. The van der Waals surface area contributed by atoms with Crippen molar-refractivity contribution >= 4 is 0 Å². The molecular weight excluding hydrogens is 170 g/mol. The second-order valence-corrected chi connectivity index (χ2v) is 4.57. The molecule has 1 nitrogen and oxygen atoms in total. The molecule has 76 valence electrons. The van der Waals surface area contributed by atoms with Crippen LogP contribution in [0.15, 0.2) is 18.2 Å². The van der Waals surface area contributed by atoms with Crippen molar-refractivity contribution in [2.45, 2.75) is 33.2 Å². The van der Waals surface area contributed by atoms with E-state index in [4.69, 9.17) is 0 Å². The molecule has 0 heterocycles. The summed E-state index contributed by atoms with van der Waals surface area (Å²) in [5.41, 5.74) is 4.16. The van der Waals surface area contributed by atoms with Gasteiger partial charge in [-0.3, -0.25) is 0 Å². The zero-order chi connectivity index (χ0) is 9.97. The predicted molar refractivity (Wildman–Crippen MR) is 60.3 cm³/mol. The van der Waals surface area contributed by atoms with Crippen LogP contribution in [0.1, 0.15) is 29.5 Å². The molecule has 0 bridgehead atoms. The minimum atomic E-state index is 0.973. The molecule has 1 fully saturated rings. The quantitative estimate of drug-likeness (QED) is 0.768. The summed E-state index contributed by atoms with van der Waals surface area (Å²) in [6, 6.07) is 6.77. The van der Waals surface area contributed by atoms with E-state index >= 15 is 0 Å². The number of benzene rings is 1. The molecule has 1 aromatic rings. The summed E-state index contributed by atoms with van der Waals surface area (Å²) in [6.07, 6.45) is 2.86. The van der Waals surface area contributed by atoms with Crippen molar-refractivity contribution in [1.29, 1.82) is 0 Å². The Bertz CT molecular complexity index is 293. The lowest BCUT2D eigenvalue weighted by atomic mass is 10.1. The molecule has 1 aliphatic carbocycles. The lowest BCUT2D eigenvalue weighted by Crippen LogP contribution is -2.16. The van der Waals surface area contributed by atoms with E-state index < -0.39 is 0 Å². The van der Waals surface area contributed by atoms with Crippen LogP contribution in [0.2, 0.25) is 0 Å². The van der Waals surface area contributed by atoms with E-state index in [-0.39, 0.29) is 0 Å². The monoisotopic (exact) mass is 189 g/mol. The van der Waals surface area contributed by atoms with Crippen molar-refractivity contribution in [3.63, 3.8) is 0 Å². The number of aryl methyl sites for hydroxylation is 2. The summed E-state index contributed by atoms with van der Waals surface area (Å²) in [7, 11) is 0. The van der Waals surface area contributed by atoms with Crippen LogP contribution in [-0.2, 0) is 6.54 Å². The SMILES string of the molecule is Cc1cc(C)cc(CNCC2CC2)c1. The number of rotatable bonds is 4. The maximum Gasteiger partial charge on any atom is 0.0205 e. The fourth-order valence-corrected chi connectivity index (χ4v) is 1.91. The normalized spacial score (nSPS) is 15.9. The number of nitrogens with one attached hydrogen (secondary N) is 1. The Morgan fingerprint density at radius 2 is 1.79 bits per heavy atom. The van der Waals surface area contributed by atoms with Gasteiger partial charge in [0, 0.05) is 6.54 Å². The van der Waals surface area contributed by atoms with Crippen LogP contribution in [0.5, 0.6) is 0 Å². The number of hydrogen-bond donors (Lipinski definition) is 1. The summed E-state index contributed by atoms with van der Waals surface area (Å²) >= 11 is 0.